The van der Waals surface area contributed by atoms with E-state index in [0.717, 1.165) is 25.9 Å². The van der Waals surface area contributed by atoms with Crippen LogP contribution >= 0.6 is 0 Å². The second-order valence-corrected chi connectivity index (χ2v) is 14.8. The topological polar surface area (TPSA) is 101 Å². The minimum atomic E-state index is -1.43. The van der Waals surface area contributed by atoms with Crippen molar-refractivity contribution in [1.29, 1.82) is 0 Å². The Hall–Kier alpha value is -1.21. The normalized spacial score (nSPS) is 40.3. The maximum atomic E-state index is 14.1. The van der Waals surface area contributed by atoms with Gasteiger partial charge in [-0.15, -0.1) is 0 Å². The molecule has 3 aliphatic heterocycles. The fourth-order valence-electron chi connectivity index (χ4n) is 7.43. The molecule has 11 heteroatoms. The zero-order chi connectivity index (χ0) is 33.0. The molecular formula is C33H60FN3O7. The van der Waals surface area contributed by atoms with E-state index < -0.39 is 47.6 Å². The van der Waals surface area contributed by atoms with E-state index in [2.05, 4.69) is 16.7 Å². The molecule has 1 N–H and O–H groups in total. The number of carbonyl (C=O) groups excluding carboxylic acids is 2. The molecule has 0 spiro atoms. The maximum absolute atomic E-state index is 14.1. The molecule has 3 rings (SSSR count). The fourth-order valence-corrected chi connectivity index (χ4v) is 7.43. The lowest BCUT2D eigenvalue weighted by Gasteiger charge is -2.47. The predicted octanol–water partition coefficient (Wildman–Crippen LogP) is 3.14. The Morgan fingerprint density at radius 2 is 1.82 bits per heavy atom. The van der Waals surface area contributed by atoms with Crippen molar-refractivity contribution in [2.45, 2.75) is 122 Å². The van der Waals surface area contributed by atoms with Crippen molar-refractivity contribution in [2.75, 3.05) is 61.0 Å². The van der Waals surface area contributed by atoms with Gasteiger partial charge in [0.2, 0.25) is 0 Å². The third-order valence-corrected chi connectivity index (χ3v) is 10.2. The molecule has 0 bridgehead atoms. The molecule has 10 atom stereocenters. The van der Waals surface area contributed by atoms with E-state index in [-0.39, 0.29) is 36.5 Å². The number of likely N-dealkylation sites (tertiary alicyclic amines) is 1. The number of Topliss-reactive ketones (excluding diaryl/α,β-unsaturated/α-hetero) is 1. The summed E-state index contributed by atoms with van der Waals surface area (Å²) >= 11 is 0. The first-order chi connectivity index (χ1) is 20.5. The number of methoxy groups -OCH3 is 1. The minimum Gasteiger partial charge on any atom is -0.463 e. The molecule has 3 aliphatic rings. The van der Waals surface area contributed by atoms with Crippen LogP contribution in [0.5, 0.6) is 0 Å². The smallest absolute Gasteiger partial charge is 0.319 e. The molecule has 1 unspecified atom stereocenters. The molecule has 3 heterocycles. The molecule has 0 saturated carbocycles. The first kappa shape index (κ1) is 37.2. The Morgan fingerprint density at radius 1 is 1.14 bits per heavy atom. The van der Waals surface area contributed by atoms with Gasteiger partial charge in [-0.25, -0.2) is 4.39 Å². The van der Waals surface area contributed by atoms with Gasteiger partial charge >= 0.3 is 5.97 Å². The van der Waals surface area contributed by atoms with Crippen LogP contribution in [0.25, 0.3) is 0 Å². The average molecular weight is 630 g/mol. The summed E-state index contributed by atoms with van der Waals surface area (Å²) in [5.41, 5.74) is -2.37. The standard InChI is InChI=1S/C33H60FN3O7/c1-21-17-33(6,41-10)29(44-30-27(38)26(35(7)8)16-22(2)43-30)23(3)28(39)32(4,5)31(40)42-20-25(36(9)18-21)12-11-14-37-15-13-24(34)19-37/h21-27,29-30,38H,11-20H2,1-10H3/t21-,22-,23+,24?,25+,26+,27-,29-,30+,33-/m1/s1. The molecule has 3 fully saturated rings. The number of carbonyl (C=O) groups is 2. The van der Waals surface area contributed by atoms with Crippen LogP contribution in [0.1, 0.15) is 73.6 Å². The van der Waals surface area contributed by atoms with Crippen molar-refractivity contribution in [3.05, 3.63) is 0 Å². The number of esters is 1. The molecule has 0 amide bonds. The van der Waals surface area contributed by atoms with Crippen molar-refractivity contribution < 1.29 is 38.0 Å². The number of ether oxygens (including phenoxy) is 4. The summed E-state index contributed by atoms with van der Waals surface area (Å²) in [6.07, 6.45) is -0.200. The third-order valence-electron chi connectivity index (χ3n) is 10.2. The number of alkyl halides is 1. The van der Waals surface area contributed by atoms with Gasteiger partial charge in [0, 0.05) is 44.7 Å². The molecule has 0 aromatic heterocycles. The van der Waals surface area contributed by atoms with Gasteiger partial charge in [-0.1, -0.05) is 13.8 Å². The van der Waals surface area contributed by atoms with Crippen LogP contribution < -0.4 is 0 Å². The van der Waals surface area contributed by atoms with Crippen LogP contribution in [0.4, 0.5) is 4.39 Å². The number of ketones is 1. The van der Waals surface area contributed by atoms with Gasteiger partial charge in [-0.05, 0) is 93.4 Å². The van der Waals surface area contributed by atoms with Crippen molar-refractivity contribution in [1.82, 2.24) is 14.7 Å². The second-order valence-electron chi connectivity index (χ2n) is 14.8. The number of hydrogen-bond acceptors (Lipinski definition) is 10. The molecule has 44 heavy (non-hydrogen) atoms. The predicted molar refractivity (Wildman–Crippen MR) is 167 cm³/mol. The number of nitrogens with zero attached hydrogens (tertiary/aromatic N) is 3. The van der Waals surface area contributed by atoms with Crippen LogP contribution in [-0.4, -0.2) is 141 Å². The molecule has 0 aromatic rings. The lowest BCUT2D eigenvalue weighted by Crippen LogP contribution is -2.59. The quantitative estimate of drug-likeness (QED) is 0.318. The van der Waals surface area contributed by atoms with Gasteiger partial charge in [-0.3, -0.25) is 14.5 Å². The molecule has 0 radical (unpaired) electrons. The van der Waals surface area contributed by atoms with Crippen LogP contribution in [0.15, 0.2) is 0 Å². The molecule has 10 nitrogen and oxygen atoms in total. The highest BCUT2D eigenvalue weighted by Crippen LogP contribution is 2.38. The SMILES string of the molecule is CO[C@]1(C)C[C@@H](C)CN(C)[C@@H](CCCN2CCC(F)C2)COC(=O)C(C)(C)C(=O)[C@H](C)[C@H]1O[C@@H]1O[C@H](C)C[C@H](N(C)C)[C@H]1O. The molecule has 256 valence electrons. The van der Waals surface area contributed by atoms with Crippen molar-refractivity contribution in [3.63, 3.8) is 0 Å². The van der Waals surface area contributed by atoms with Gasteiger partial charge < -0.3 is 33.9 Å². The first-order valence-corrected chi connectivity index (χ1v) is 16.5. The number of aliphatic hydroxyl groups is 1. The zero-order valence-electron chi connectivity index (χ0n) is 28.9. The second kappa shape index (κ2) is 15.6. The number of aliphatic hydroxyl groups excluding tert-OH is 1. The number of rotatable bonds is 8. The molecule has 0 aliphatic carbocycles. The highest BCUT2D eigenvalue weighted by molar-refractivity contribution is 6.04. The summed E-state index contributed by atoms with van der Waals surface area (Å²) < 4.78 is 38.5. The van der Waals surface area contributed by atoms with Crippen molar-refractivity contribution >= 4 is 11.8 Å². The minimum absolute atomic E-state index is 0.0506. The Morgan fingerprint density at radius 3 is 2.41 bits per heavy atom. The monoisotopic (exact) mass is 629 g/mol. The Balaban J connectivity index is 1.88. The van der Waals surface area contributed by atoms with Crippen LogP contribution in [0, 0.1) is 17.3 Å². The number of cyclic esters (lactones) is 1. The van der Waals surface area contributed by atoms with Gasteiger partial charge in [0.05, 0.1) is 17.8 Å². The van der Waals surface area contributed by atoms with E-state index in [9.17, 15) is 19.1 Å². The number of likely N-dealkylation sites (N-methyl/N-ethyl adjacent to an activating group) is 2. The fraction of sp³-hybridized carbons (Fsp3) is 0.939. The van der Waals surface area contributed by atoms with E-state index in [1.807, 2.05) is 39.9 Å². The molecule has 0 aromatic carbocycles. The largest absolute Gasteiger partial charge is 0.463 e. The lowest BCUT2D eigenvalue weighted by molar-refractivity contribution is -0.295. The van der Waals surface area contributed by atoms with Crippen molar-refractivity contribution in [2.24, 2.45) is 17.3 Å². The zero-order valence-corrected chi connectivity index (χ0v) is 28.9. The summed E-state index contributed by atoms with van der Waals surface area (Å²) in [6, 6.07) is -0.233. The van der Waals surface area contributed by atoms with Gasteiger partial charge in [0.1, 0.15) is 24.3 Å². The molecular weight excluding hydrogens is 569 g/mol. The van der Waals surface area contributed by atoms with Gasteiger partial charge in [0.25, 0.3) is 0 Å². The summed E-state index contributed by atoms with van der Waals surface area (Å²) in [5.74, 6) is -1.53. The Bertz CT molecular complexity index is 954. The summed E-state index contributed by atoms with van der Waals surface area (Å²) in [7, 11) is 7.49. The van der Waals surface area contributed by atoms with Gasteiger partial charge in [0.15, 0.2) is 12.1 Å². The van der Waals surface area contributed by atoms with Gasteiger partial charge in [-0.2, -0.15) is 0 Å². The summed E-state index contributed by atoms with van der Waals surface area (Å²) in [6.45, 7) is 14.0. The first-order valence-electron chi connectivity index (χ1n) is 16.5. The summed E-state index contributed by atoms with van der Waals surface area (Å²) in [5, 5.41) is 11.3. The lowest BCUT2D eigenvalue weighted by atomic mass is 9.74. The highest BCUT2D eigenvalue weighted by Gasteiger charge is 2.51. The number of hydrogen-bond donors (Lipinski definition) is 1. The van der Waals surface area contributed by atoms with E-state index in [4.69, 9.17) is 18.9 Å². The van der Waals surface area contributed by atoms with E-state index >= 15 is 0 Å². The van der Waals surface area contributed by atoms with E-state index in [1.54, 1.807) is 27.9 Å². The van der Waals surface area contributed by atoms with E-state index in [0.29, 0.717) is 32.4 Å². The number of halogens is 1. The third kappa shape index (κ3) is 8.98. The Labute approximate surface area is 264 Å². The van der Waals surface area contributed by atoms with Crippen LogP contribution in [0.3, 0.4) is 0 Å². The summed E-state index contributed by atoms with van der Waals surface area (Å²) in [4.78, 5) is 34.0. The molecule has 3 saturated heterocycles. The average Bonchev–Trinajstić information content (AvgIpc) is 3.37. The maximum Gasteiger partial charge on any atom is 0.319 e. The van der Waals surface area contributed by atoms with E-state index in [1.165, 1.54) is 0 Å². The Kier molecular flexibility index (Phi) is 13.2. The van der Waals surface area contributed by atoms with Crippen LogP contribution in [-0.2, 0) is 28.5 Å². The van der Waals surface area contributed by atoms with Crippen molar-refractivity contribution in [3.8, 4) is 0 Å². The highest BCUT2D eigenvalue weighted by atomic mass is 19.1. The van der Waals surface area contributed by atoms with Crippen LogP contribution in [0.2, 0.25) is 0 Å².